The minimum atomic E-state index is -0.342. The molecule has 0 bridgehead atoms. The number of benzene rings is 1. The maximum absolute atomic E-state index is 11.0. The molecule has 3 nitrogen and oxygen atoms in total. The first kappa shape index (κ1) is 12.3. The van der Waals surface area contributed by atoms with Crippen molar-refractivity contribution < 1.29 is 9.53 Å². The highest BCUT2D eigenvalue weighted by atomic mass is 16.5. The maximum Gasteiger partial charge on any atom is 0.332 e. The first-order chi connectivity index (χ1) is 7.63. The van der Waals surface area contributed by atoms with E-state index in [-0.39, 0.29) is 12.0 Å². The molecule has 1 rings (SSSR count). The van der Waals surface area contributed by atoms with Gasteiger partial charge in [0.1, 0.15) is 0 Å². The van der Waals surface area contributed by atoms with Gasteiger partial charge in [0.2, 0.25) is 0 Å². The van der Waals surface area contributed by atoms with Crippen LogP contribution in [0.4, 0.5) is 0 Å². The molecule has 0 aliphatic carbocycles. The highest BCUT2D eigenvalue weighted by Crippen LogP contribution is 2.12. The zero-order chi connectivity index (χ0) is 12.0. The first-order valence-electron chi connectivity index (χ1n) is 5.21. The largest absolute Gasteiger partial charge is 0.466 e. The molecule has 1 aromatic rings. The SMILES string of the molecule is COC(=O)C=C(C)N[C@H](C)c1ccccc1. The Bertz CT molecular complexity index is 371. The summed E-state index contributed by atoms with van der Waals surface area (Å²) in [5.41, 5.74) is 1.98. The molecule has 16 heavy (non-hydrogen) atoms. The van der Waals surface area contributed by atoms with Gasteiger partial charge in [0.05, 0.1) is 7.11 Å². The second kappa shape index (κ2) is 5.95. The van der Waals surface area contributed by atoms with Crippen molar-refractivity contribution in [1.29, 1.82) is 0 Å². The minimum absolute atomic E-state index is 0.169. The van der Waals surface area contributed by atoms with Gasteiger partial charge in [-0.25, -0.2) is 4.79 Å². The smallest absolute Gasteiger partial charge is 0.332 e. The Kier molecular flexibility index (Phi) is 4.58. The van der Waals surface area contributed by atoms with Crippen LogP contribution in [0, 0.1) is 0 Å². The zero-order valence-electron chi connectivity index (χ0n) is 9.86. The molecule has 0 aliphatic heterocycles. The fraction of sp³-hybridized carbons (Fsp3) is 0.308. The molecule has 0 heterocycles. The Hall–Kier alpha value is -1.77. The van der Waals surface area contributed by atoms with Crippen LogP contribution >= 0.6 is 0 Å². The molecule has 0 aromatic heterocycles. The van der Waals surface area contributed by atoms with E-state index in [1.54, 1.807) is 0 Å². The molecule has 0 fully saturated rings. The fourth-order valence-electron chi connectivity index (χ4n) is 1.44. The van der Waals surface area contributed by atoms with Gasteiger partial charge in [-0.15, -0.1) is 0 Å². The lowest BCUT2D eigenvalue weighted by Crippen LogP contribution is -2.17. The van der Waals surface area contributed by atoms with E-state index in [9.17, 15) is 4.79 Å². The van der Waals surface area contributed by atoms with Gasteiger partial charge in [-0.05, 0) is 19.4 Å². The Morgan fingerprint density at radius 2 is 2.00 bits per heavy atom. The van der Waals surface area contributed by atoms with Gasteiger partial charge in [-0.2, -0.15) is 0 Å². The number of methoxy groups -OCH3 is 1. The molecule has 1 aromatic carbocycles. The highest BCUT2D eigenvalue weighted by molar-refractivity contribution is 5.82. The van der Waals surface area contributed by atoms with Crippen LogP contribution in [-0.2, 0) is 9.53 Å². The third-order valence-corrected chi connectivity index (χ3v) is 2.28. The molecule has 0 unspecified atom stereocenters. The van der Waals surface area contributed by atoms with Crippen LogP contribution < -0.4 is 5.32 Å². The number of esters is 1. The number of hydrogen-bond acceptors (Lipinski definition) is 3. The number of hydrogen-bond donors (Lipinski definition) is 1. The number of ether oxygens (including phenoxy) is 1. The van der Waals surface area contributed by atoms with E-state index in [1.165, 1.54) is 18.7 Å². The van der Waals surface area contributed by atoms with Crippen molar-refractivity contribution in [2.45, 2.75) is 19.9 Å². The van der Waals surface area contributed by atoms with Crippen LogP contribution in [0.25, 0.3) is 0 Å². The quantitative estimate of drug-likeness (QED) is 0.624. The fourth-order valence-corrected chi connectivity index (χ4v) is 1.44. The summed E-state index contributed by atoms with van der Waals surface area (Å²) < 4.78 is 4.55. The van der Waals surface area contributed by atoms with Crippen molar-refractivity contribution in [3.8, 4) is 0 Å². The van der Waals surface area contributed by atoms with E-state index in [1.807, 2.05) is 44.2 Å². The molecular weight excluding hydrogens is 202 g/mol. The third-order valence-electron chi connectivity index (χ3n) is 2.28. The van der Waals surface area contributed by atoms with Crippen LogP contribution in [0.5, 0.6) is 0 Å². The summed E-state index contributed by atoms with van der Waals surface area (Å²) >= 11 is 0. The van der Waals surface area contributed by atoms with Crippen LogP contribution in [0.15, 0.2) is 42.1 Å². The molecule has 0 aliphatic rings. The van der Waals surface area contributed by atoms with Crippen molar-refractivity contribution in [3.63, 3.8) is 0 Å². The molecular formula is C13H17NO2. The van der Waals surface area contributed by atoms with Crippen molar-refractivity contribution in [2.24, 2.45) is 0 Å². The maximum atomic E-state index is 11.0. The molecule has 0 amide bonds. The van der Waals surface area contributed by atoms with Crippen LogP contribution in [0.1, 0.15) is 25.5 Å². The normalized spacial score (nSPS) is 13.1. The van der Waals surface area contributed by atoms with E-state index in [4.69, 9.17) is 0 Å². The average molecular weight is 219 g/mol. The van der Waals surface area contributed by atoms with Gasteiger partial charge in [-0.3, -0.25) is 0 Å². The van der Waals surface area contributed by atoms with Gasteiger partial charge in [0, 0.05) is 17.8 Å². The number of carbonyl (C=O) groups excluding carboxylic acids is 1. The minimum Gasteiger partial charge on any atom is -0.466 e. The molecule has 0 radical (unpaired) electrons. The number of carbonyl (C=O) groups is 1. The van der Waals surface area contributed by atoms with E-state index < -0.39 is 0 Å². The summed E-state index contributed by atoms with van der Waals surface area (Å²) in [7, 11) is 1.37. The lowest BCUT2D eigenvalue weighted by atomic mass is 10.1. The average Bonchev–Trinajstić information content (AvgIpc) is 2.29. The summed E-state index contributed by atoms with van der Waals surface area (Å²) in [6, 6.07) is 10.2. The van der Waals surface area contributed by atoms with E-state index >= 15 is 0 Å². The predicted octanol–water partition coefficient (Wildman–Crippen LogP) is 2.41. The van der Waals surface area contributed by atoms with Gasteiger partial charge in [-0.1, -0.05) is 30.3 Å². The lowest BCUT2D eigenvalue weighted by molar-refractivity contribution is -0.134. The van der Waals surface area contributed by atoms with Crippen molar-refractivity contribution >= 4 is 5.97 Å². The van der Waals surface area contributed by atoms with Crippen molar-refractivity contribution in [1.82, 2.24) is 5.32 Å². The number of allylic oxidation sites excluding steroid dienone is 1. The van der Waals surface area contributed by atoms with E-state index in [2.05, 4.69) is 10.1 Å². The van der Waals surface area contributed by atoms with Crippen LogP contribution in [0.2, 0.25) is 0 Å². The molecule has 1 N–H and O–H groups in total. The second-order valence-corrected chi connectivity index (χ2v) is 3.63. The second-order valence-electron chi connectivity index (χ2n) is 3.63. The van der Waals surface area contributed by atoms with Gasteiger partial charge >= 0.3 is 5.97 Å². The molecule has 0 saturated heterocycles. The highest BCUT2D eigenvalue weighted by Gasteiger charge is 2.04. The molecule has 0 saturated carbocycles. The Labute approximate surface area is 96.1 Å². The number of nitrogens with one attached hydrogen (secondary N) is 1. The Balaban J connectivity index is 2.61. The van der Waals surface area contributed by atoms with Gasteiger partial charge < -0.3 is 10.1 Å². The summed E-state index contributed by atoms with van der Waals surface area (Å²) in [6.07, 6.45) is 1.44. The summed E-state index contributed by atoms with van der Waals surface area (Å²) in [5.74, 6) is -0.342. The van der Waals surface area contributed by atoms with Crippen molar-refractivity contribution in [2.75, 3.05) is 7.11 Å². The molecule has 1 atom stereocenters. The Morgan fingerprint density at radius 3 is 2.56 bits per heavy atom. The van der Waals surface area contributed by atoms with Gasteiger partial charge in [0.15, 0.2) is 0 Å². The van der Waals surface area contributed by atoms with Gasteiger partial charge in [0.25, 0.3) is 0 Å². The van der Waals surface area contributed by atoms with E-state index in [0.717, 1.165) is 5.70 Å². The molecule has 86 valence electrons. The standard InChI is InChI=1S/C13H17NO2/c1-10(9-13(15)16-3)14-11(2)12-7-5-4-6-8-12/h4-9,11,14H,1-3H3/t11-/m1/s1. The van der Waals surface area contributed by atoms with Crippen LogP contribution in [0.3, 0.4) is 0 Å². The van der Waals surface area contributed by atoms with E-state index in [0.29, 0.717) is 0 Å². The topological polar surface area (TPSA) is 38.3 Å². The number of rotatable bonds is 4. The third kappa shape index (κ3) is 3.77. The lowest BCUT2D eigenvalue weighted by Gasteiger charge is -2.15. The predicted molar refractivity (Wildman–Crippen MR) is 63.8 cm³/mol. The van der Waals surface area contributed by atoms with Crippen LogP contribution in [-0.4, -0.2) is 13.1 Å². The summed E-state index contributed by atoms with van der Waals surface area (Å²) in [5, 5.41) is 3.22. The zero-order valence-corrected chi connectivity index (χ0v) is 9.86. The van der Waals surface area contributed by atoms with Crippen molar-refractivity contribution in [3.05, 3.63) is 47.7 Å². The monoisotopic (exact) mass is 219 g/mol. The molecule has 0 spiro atoms. The molecule has 3 heteroatoms. The Morgan fingerprint density at radius 1 is 1.38 bits per heavy atom. The summed E-state index contributed by atoms with van der Waals surface area (Å²) in [4.78, 5) is 11.0. The summed E-state index contributed by atoms with van der Waals surface area (Å²) in [6.45, 7) is 3.89. The first-order valence-corrected chi connectivity index (χ1v) is 5.21.